The highest BCUT2D eigenvalue weighted by Crippen LogP contribution is 2.23. The lowest BCUT2D eigenvalue weighted by Crippen LogP contribution is -2.15. The zero-order valence-electron chi connectivity index (χ0n) is 14.8. The number of fused-ring (bicyclic) bond motifs is 1. The van der Waals surface area contributed by atoms with E-state index >= 15 is 0 Å². The second kappa shape index (κ2) is 7.59. The van der Waals surface area contributed by atoms with Crippen LogP contribution in [0.3, 0.4) is 0 Å². The molecule has 6 nitrogen and oxygen atoms in total. The maximum Gasteiger partial charge on any atom is 0.255 e. The first kappa shape index (κ1) is 18.6. The van der Waals surface area contributed by atoms with Crippen LogP contribution in [0.5, 0.6) is 5.75 Å². The topological polar surface area (TPSA) is 94.6 Å². The number of carbonyl (C=O) groups is 1. The van der Waals surface area contributed by atoms with Gasteiger partial charge >= 0.3 is 0 Å². The monoisotopic (exact) mass is 382 g/mol. The minimum absolute atomic E-state index is 0.0316. The normalized spacial score (nSPS) is 10.8. The molecule has 0 fully saturated rings. The van der Waals surface area contributed by atoms with Crippen LogP contribution in [0.4, 0.5) is 5.69 Å². The Balaban J connectivity index is 1.93. The number of thiocarbonyl (C=S) groups is 1. The molecule has 1 aromatic heterocycles. The highest BCUT2D eigenvalue weighted by Gasteiger charge is 2.13. The molecule has 0 atom stereocenters. The van der Waals surface area contributed by atoms with E-state index < -0.39 is 0 Å². The van der Waals surface area contributed by atoms with Crippen LogP contribution >= 0.6 is 12.2 Å². The maximum absolute atomic E-state index is 12.6. The zero-order valence-corrected chi connectivity index (χ0v) is 15.6. The minimum Gasteiger partial charge on any atom is -0.491 e. The van der Waals surface area contributed by atoms with Crippen molar-refractivity contribution in [2.24, 2.45) is 5.73 Å². The molecule has 0 bridgehead atoms. The van der Waals surface area contributed by atoms with Crippen LogP contribution in [0.2, 0.25) is 0 Å². The second-order valence-corrected chi connectivity index (χ2v) is 6.61. The summed E-state index contributed by atoms with van der Waals surface area (Å²) in [6, 6.07) is 12.9. The van der Waals surface area contributed by atoms with Gasteiger partial charge in [0.1, 0.15) is 10.7 Å². The van der Waals surface area contributed by atoms with Gasteiger partial charge in [0.25, 0.3) is 5.91 Å². The summed E-state index contributed by atoms with van der Waals surface area (Å²) >= 11 is 4.88. The molecule has 0 aliphatic carbocycles. The number of ether oxygens (including phenoxy) is 1. The number of amides is 1. The number of hydrogen-bond acceptors (Lipinski definition) is 5. The summed E-state index contributed by atoms with van der Waals surface area (Å²) in [7, 11) is 0. The van der Waals surface area contributed by atoms with E-state index in [4.69, 9.17) is 27.1 Å². The SMILES string of the molecule is CC(C)Oc1ccc(C(=O)Nc2cccc3c(=O)cc(C(N)=S)oc23)cc1. The van der Waals surface area contributed by atoms with Crippen molar-refractivity contribution in [3.05, 3.63) is 70.1 Å². The summed E-state index contributed by atoms with van der Waals surface area (Å²) < 4.78 is 11.2. The van der Waals surface area contributed by atoms with Gasteiger partial charge in [-0.1, -0.05) is 18.3 Å². The predicted octanol–water partition coefficient (Wildman–Crippen LogP) is 3.47. The summed E-state index contributed by atoms with van der Waals surface area (Å²) in [4.78, 5) is 24.8. The van der Waals surface area contributed by atoms with Crippen LogP contribution in [0.1, 0.15) is 30.0 Å². The van der Waals surface area contributed by atoms with Crippen LogP contribution in [0, 0.1) is 0 Å². The van der Waals surface area contributed by atoms with Gasteiger partial charge in [-0.2, -0.15) is 0 Å². The van der Waals surface area contributed by atoms with Gasteiger partial charge in [0.05, 0.1) is 17.2 Å². The van der Waals surface area contributed by atoms with Gasteiger partial charge in [0.2, 0.25) is 0 Å². The summed E-state index contributed by atoms with van der Waals surface area (Å²) in [6.07, 6.45) is 0.0473. The lowest BCUT2D eigenvalue weighted by Gasteiger charge is -2.11. The molecule has 1 heterocycles. The third-order valence-corrected chi connectivity index (χ3v) is 3.94. The molecule has 0 aliphatic rings. The molecule has 0 saturated carbocycles. The molecule has 1 amide bonds. The smallest absolute Gasteiger partial charge is 0.255 e. The Morgan fingerprint density at radius 1 is 1.19 bits per heavy atom. The molecule has 3 N–H and O–H groups in total. The lowest BCUT2D eigenvalue weighted by molar-refractivity contribution is 0.102. The van der Waals surface area contributed by atoms with Crippen molar-refractivity contribution in [2.75, 3.05) is 5.32 Å². The largest absolute Gasteiger partial charge is 0.491 e. The molecule has 0 saturated heterocycles. The van der Waals surface area contributed by atoms with Crippen LogP contribution in [-0.2, 0) is 0 Å². The zero-order chi connectivity index (χ0) is 19.6. The molecule has 2 aromatic carbocycles. The first-order chi connectivity index (χ1) is 12.8. The molecule has 27 heavy (non-hydrogen) atoms. The van der Waals surface area contributed by atoms with Gasteiger partial charge in [-0.25, -0.2) is 0 Å². The average Bonchev–Trinajstić information content (AvgIpc) is 2.62. The number of nitrogens with two attached hydrogens (primary N) is 1. The number of nitrogens with one attached hydrogen (secondary N) is 1. The van der Waals surface area contributed by atoms with Crippen molar-refractivity contribution in [1.82, 2.24) is 0 Å². The van der Waals surface area contributed by atoms with Crippen LogP contribution in [0.15, 0.2) is 57.7 Å². The number of rotatable bonds is 5. The fourth-order valence-electron chi connectivity index (χ4n) is 2.55. The van der Waals surface area contributed by atoms with Crippen LogP contribution in [-0.4, -0.2) is 17.0 Å². The second-order valence-electron chi connectivity index (χ2n) is 6.17. The highest BCUT2D eigenvalue weighted by molar-refractivity contribution is 7.80. The van der Waals surface area contributed by atoms with Gasteiger partial charge in [-0.05, 0) is 50.2 Å². The van der Waals surface area contributed by atoms with Gasteiger partial charge in [0.15, 0.2) is 16.8 Å². The third-order valence-electron chi connectivity index (χ3n) is 3.73. The van der Waals surface area contributed by atoms with Gasteiger partial charge in [-0.15, -0.1) is 0 Å². The maximum atomic E-state index is 12.6. The number of hydrogen-bond donors (Lipinski definition) is 2. The number of carbonyl (C=O) groups excluding carboxylic acids is 1. The predicted molar refractivity (Wildman–Crippen MR) is 109 cm³/mol. The summed E-state index contributed by atoms with van der Waals surface area (Å²) in [5.74, 6) is 0.431. The Labute approximate surface area is 160 Å². The molecule has 7 heteroatoms. The van der Waals surface area contributed by atoms with Gasteiger partial charge in [-0.3, -0.25) is 9.59 Å². The summed E-state index contributed by atoms with van der Waals surface area (Å²) in [5.41, 5.74) is 6.30. The molecule has 0 radical (unpaired) electrons. The Bertz CT molecular complexity index is 1070. The number of para-hydroxylation sites is 1. The van der Waals surface area contributed by atoms with Crippen molar-refractivity contribution >= 4 is 39.8 Å². The van der Waals surface area contributed by atoms with E-state index in [0.717, 1.165) is 0 Å². The molecular formula is C20H18N2O4S. The van der Waals surface area contributed by atoms with Gasteiger partial charge < -0.3 is 20.2 Å². The van der Waals surface area contributed by atoms with E-state index in [1.165, 1.54) is 6.07 Å². The Kier molecular flexibility index (Phi) is 5.23. The standard InChI is InChI=1S/C20H18N2O4S/c1-11(2)25-13-8-6-12(7-9-13)20(24)22-15-5-3-4-14-16(23)10-17(19(21)27)26-18(14)15/h3-11H,1-2H3,(H2,21,27)(H,22,24). The van der Waals surface area contributed by atoms with E-state index in [2.05, 4.69) is 5.32 Å². The number of anilines is 1. The fraction of sp³-hybridized carbons (Fsp3) is 0.150. The van der Waals surface area contributed by atoms with E-state index in [0.29, 0.717) is 22.4 Å². The lowest BCUT2D eigenvalue weighted by atomic mass is 10.1. The van der Waals surface area contributed by atoms with Crippen molar-refractivity contribution in [2.45, 2.75) is 20.0 Å². The van der Waals surface area contributed by atoms with Crippen molar-refractivity contribution in [1.29, 1.82) is 0 Å². The first-order valence-electron chi connectivity index (χ1n) is 8.30. The number of benzene rings is 2. The Hall–Kier alpha value is -3.19. The van der Waals surface area contributed by atoms with Crippen molar-refractivity contribution in [3.8, 4) is 5.75 Å². The van der Waals surface area contributed by atoms with Crippen LogP contribution in [0.25, 0.3) is 11.0 Å². The summed E-state index contributed by atoms with van der Waals surface area (Å²) in [5, 5.41) is 3.09. The van der Waals surface area contributed by atoms with E-state index in [9.17, 15) is 9.59 Å². The Morgan fingerprint density at radius 2 is 1.89 bits per heavy atom. The molecule has 0 spiro atoms. The highest BCUT2D eigenvalue weighted by atomic mass is 32.1. The van der Waals surface area contributed by atoms with E-state index in [1.807, 2.05) is 13.8 Å². The minimum atomic E-state index is -0.345. The van der Waals surface area contributed by atoms with Crippen molar-refractivity contribution < 1.29 is 13.9 Å². The van der Waals surface area contributed by atoms with Crippen LogP contribution < -0.4 is 21.2 Å². The molecule has 3 aromatic rings. The van der Waals surface area contributed by atoms with E-state index in [-0.39, 0.29) is 33.8 Å². The molecule has 0 unspecified atom stereocenters. The quantitative estimate of drug-likeness (QED) is 0.656. The Morgan fingerprint density at radius 3 is 2.52 bits per heavy atom. The molecule has 138 valence electrons. The molecule has 0 aliphatic heterocycles. The van der Waals surface area contributed by atoms with Gasteiger partial charge in [0, 0.05) is 11.6 Å². The fourth-order valence-corrected chi connectivity index (χ4v) is 2.65. The van der Waals surface area contributed by atoms with Crippen molar-refractivity contribution in [3.63, 3.8) is 0 Å². The first-order valence-corrected chi connectivity index (χ1v) is 8.70. The molecule has 3 rings (SSSR count). The van der Waals surface area contributed by atoms with E-state index in [1.54, 1.807) is 42.5 Å². The molecular weight excluding hydrogens is 364 g/mol. The average molecular weight is 382 g/mol. The summed E-state index contributed by atoms with van der Waals surface area (Å²) in [6.45, 7) is 3.85. The third kappa shape index (κ3) is 4.15.